The van der Waals surface area contributed by atoms with Gasteiger partial charge in [0.05, 0.1) is 13.5 Å². The Kier molecular flexibility index (Phi) is 5.81. The first-order chi connectivity index (χ1) is 7.69. The lowest BCUT2D eigenvalue weighted by molar-refractivity contribution is -0.142. The molecule has 94 valence electrons. The average molecular weight is 227 g/mol. The summed E-state index contributed by atoms with van der Waals surface area (Å²) in [5.74, 6) is -0.0895. The van der Waals surface area contributed by atoms with Crippen LogP contribution in [0.4, 0.5) is 0 Å². The van der Waals surface area contributed by atoms with Gasteiger partial charge in [-0.05, 0) is 32.7 Å². The van der Waals surface area contributed by atoms with Crippen molar-refractivity contribution < 1.29 is 9.53 Å². The van der Waals surface area contributed by atoms with Gasteiger partial charge in [-0.1, -0.05) is 19.8 Å². The van der Waals surface area contributed by atoms with Crippen molar-refractivity contribution in [2.45, 2.75) is 64.5 Å². The molecule has 0 bridgehead atoms. The van der Waals surface area contributed by atoms with Crippen LogP contribution in [-0.2, 0) is 9.53 Å². The second kappa shape index (κ2) is 6.89. The third-order valence-electron chi connectivity index (χ3n) is 3.55. The van der Waals surface area contributed by atoms with Gasteiger partial charge in [-0.2, -0.15) is 0 Å². The molecule has 0 N–H and O–H groups in total. The number of ether oxygens (including phenoxy) is 1. The Labute approximate surface area is 99.1 Å². The molecule has 3 nitrogen and oxygen atoms in total. The lowest BCUT2D eigenvalue weighted by atomic mass is 9.96. The monoisotopic (exact) mass is 227 g/mol. The molecule has 1 fully saturated rings. The van der Waals surface area contributed by atoms with Crippen LogP contribution in [0.25, 0.3) is 0 Å². The number of nitrogens with zero attached hydrogens (tertiary/aromatic N) is 1. The van der Waals surface area contributed by atoms with Crippen LogP contribution in [0, 0.1) is 0 Å². The van der Waals surface area contributed by atoms with Gasteiger partial charge in [0.2, 0.25) is 0 Å². The van der Waals surface area contributed by atoms with Crippen LogP contribution in [0.5, 0.6) is 0 Å². The fourth-order valence-electron chi connectivity index (χ4n) is 2.69. The van der Waals surface area contributed by atoms with E-state index in [0.29, 0.717) is 18.5 Å². The van der Waals surface area contributed by atoms with Gasteiger partial charge < -0.3 is 4.74 Å². The van der Waals surface area contributed by atoms with Gasteiger partial charge in [0.15, 0.2) is 0 Å². The molecule has 2 atom stereocenters. The summed E-state index contributed by atoms with van der Waals surface area (Å²) < 4.78 is 4.74. The number of likely N-dealkylation sites (tertiary alicyclic amines) is 1. The smallest absolute Gasteiger partial charge is 0.307 e. The van der Waals surface area contributed by atoms with E-state index < -0.39 is 0 Å². The molecule has 0 aromatic carbocycles. The molecule has 2 unspecified atom stereocenters. The van der Waals surface area contributed by atoms with Crippen LogP contribution < -0.4 is 0 Å². The number of esters is 1. The van der Waals surface area contributed by atoms with E-state index in [1.54, 1.807) is 0 Å². The molecule has 0 radical (unpaired) electrons. The van der Waals surface area contributed by atoms with Crippen molar-refractivity contribution in [1.82, 2.24) is 4.90 Å². The molecule has 1 heterocycles. The number of piperidine rings is 1. The number of carbonyl (C=O) groups is 1. The Morgan fingerprint density at radius 3 is 2.88 bits per heavy atom. The molecule has 1 saturated heterocycles. The summed E-state index contributed by atoms with van der Waals surface area (Å²) in [5, 5.41) is 0. The van der Waals surface area contributed by atoms with E-state index in [4.69, 9.17) is 4.74 Å². The normalized spacial score (nSPS) is 24.1. The number of hydrogen-bond acceptors (Lipinski definition) is 3. The molecule has 0 aromatic rings. The van der Waals surface area contributed by atoms with Crippen LogP contribution in [0.15, 0.2) is 0 Å². The van der Waals surface area contributed by atoms with Crippen LogP contribution >= 0.6 is 0 Å². The van der Waals surface area contributed by atoms with Gasteiger partial charge in [-0.25, -0.2) is 0 Å². The number of carbonyl (C=O) groups excluding carboxylic acids is 1. The molecular formula is C13H25NO2. The third-order valence-corrected chi connectivity index (χ3v) is 3.55. The topological polar surface area (TPSA) is 29.5 Å². The van der Waals surface area contributed by atoms with Gasteiger partial charge >= 0.3 is 5.97 Å². The number of hydrogen-bond donors (Lipinski definition) is 0. The fourth-order valence-corrected chi connectivity index (χ4v) is 2.69. The largest absolute Gasteiger partial charge is 0.469 e. The maximum absolute atomic E-state index is 11.3. The zero-order chi connectivity index (χ0) is 12.0. The highest BCUT2D eigenvalue weighted by atomic mass is 16.5. The molecule has 0 aliphatic carbocycles. The van der Waals surface area contributed by atoms with Crippen molar-refractivity contribution in [3.63, 3.8) is 0 Å². The summed E-state index contributed by atoms with van der Waals surface area (Å²) in [6.07, 6.45) is 6.91. The Morgan fingerprint density at radius 2 is 2.25 bits per heavy atom. The Hall–Kier alpha value is -0.570. The summed E-state index contributed by atoms with van der Waals surface area (Å²) in [7, 11) is 1.47. The maximum atomic E-state index is 11.3. The summed E-state index contributed by atoms with van der Waals surface area (Å²) in [5.41, 5.74) is 0. The highest BCUT2D eigenvalue weighted by Crippen LogP contribution is 2.24. The summed E-state index contributed by atoms with van der Waals surface area (Å²) >= 11 is 0. The Balaban J connectivity index is 2.49. The van der Waals surface area contributed by atoms with E-state index in [-0.39, 0.29) is 5.97 Å². The zero-order valence-corrected chi connectivity index (χ0v) is 10.9. The minimum absolute atomic E-state index is 0.0895. The molecule has 3 heteroatoms. The van der Waals surface area contributed by atoms with Crippen molar-refractivity contribution in [3.8, 4) is 0 Å². The molecule has 0 amide bonds. The van der Waals surface area contributed by atoms with Crippen LogP contribution in [0.1, 0.15) is 52.4 Å². The van der Waals surface area contributed by atoms with Crippen molar-refractivity contribution in [3.05, 3.63) is 0 Å². The summed E-state index contributed by atoms with van der Waals surface area (Å²) in [6.45, 7) is 5.52. The number of rotatable bonds is 5. The molecule has 16 heavy (non-hydrogen) atoms. The molecule has 1 rings (SSSR count). The number of methoxy groups -OCH3 is 1. The Morgan fingerprint density at radius 1 is 1.50 bits per heavy atom. The van der Waals surface area contributed by atoms with Crippen molar-refractivity contribution in [2.24, 2.45) is 0 Å². The lowest BCUT2D eigenvalue weighted by Gasteiger charge is -2.39. The lowest BCUT2D eigenvalue weighted by Crippen LogP contribution is -2.45. The van der Waals surface area contributed by atoms with E-state index in [1.807, 2.05) is 0 Å². The van der Waals surface area contributed by atoms with Crippen molar-refractivity contribution >= 4 is 5.97 Å². The minimum Gasteiger partial charge on any atom is -0.469 e. The highest BCUT2D eigenvalue weighted by Gasteiger charge is 2.26. The zero-order valence-electron chi connectivity index (χ0n) is 10.9. The van der Waals surface area contributed by atoms with E-state index in [2.05, 4.69) is 18.7 Å². The van der Waals surface area contributed by atoms with Gasteiger partial charge in [0.25, 0.3) is 0 Å². The van der Waals surface area contributed by atoms with Crippen LogP contribution in [-0.4, -0.2) is 36.6 Å². The van der Waals surface area contributed by atoms with Crippen molar-refractivity contribution in [1.29, 1.82) is 0 Å². The van der Waals surface area contributed by atoms with E-state index >= 15 is 0 Å². The standard InChI is InChI=1S/C13H25NO2/c1-4-7-12-8-5-6-9-14(12)11(2)10-13(15)16-3/h11-12H,4-10H2,1-3H3. The first-order valence-corrected chi connectivity index (χ1v) is 6.51. The first kappa shape index (κ1) is 13.5. The molecule has 0 aromatic heterocycles. The predicted octanol–water partition coefficient (Wildman–Crippen LogP) is 2.59. The third kappa shape index (κ3) is 3.78. The van der Waals surface area contributed by atoms with E-state index in [0.717, 1.165) is 6.54 Å². The summed E-state index contributed by atoms with van der Waals surface area (Å²) in [4.78, 5) is 13.8. The van der Waals surface area contributed by atoms with Gasteiger partial charge in [-0.3, -0.25) is 9.69 Å². The maximum Gasteiger partial charge on any atom is 0.307 e. The predicted molar refractivity (Wildman–Crippen MR) is 65.3 cm³/mol. The average Bonchev–Trinajstić information content (AvgIpc) is 2.30. The van der Waals surface area contributed by atoms with Gasteiger partial charge in [-0.15, -0.1) is 0 Å². The quantitative estimate of drug-likeness (QED) is 0.676. The molecular weight excluding hydrogens is 202 g/mol. The highest BCUT2D eigenvalue weighted by molar-refractivity contribution is 5.69. The molecule has 1 aliphatic heterocycles. The molecule has 1 aliphatic rings. The second-order valence-electron chi connectivity index (χ2n) is 4.81. The van der Waals surface area contributed by atoms with Crippen LogP contribution in [0.3, 0.4) is 0 Å². The van der Waals surface area contributed by atoms with E-state index in [9.17, 15) is 4.79 Å². The van der Waals surface area contributed by atoms with Gasteiger partial charge in [0.1, 0.15) is 0 Å². The summed E-state index contributed by atoms with van der Waals surface area (Å²) in [6, 6.07) is 1.00. The molecule has 0 saturated carbocycles. The first-order valence-electron chi connectivity index (χ1n) is 6.51. The van der Waals surface area contributed by atoms with Gasteiger partial charge in [0, 0.05) is 12.1 Å². The van der Waals surface area contributed by atoms with Crippen LogP contribution in [0.2, 0.25) is 0 Å². The molecule has 0 spiro atoms. The SMILES string of the molecule is CCCC1CCCCN1C(C)CC(=O)OC. The van der Waals surface area contributed by atoms with Crippen molar-refractivity contribution in [2.75, 3.05) is 13.7 Å². The Bertz CT molecular complexity index is 216. The minimum atomic E-state index is -0.0895. The van der Waals surface area contributed by atoms with E-state index in [1.165, 1.54) is 39.2 Å². The second-order valence-corrected chi connectivity index (χ2v) is 4.81. The fraction of sp³-hybridized carbons (Fsp3) is 0.923.